The summed E-state index contributed by atoms with van der Waals surface area (Å²) in [5.74, 6) is 2.65. The summed E-state index contributed by atoms with van der Waals surface area (Å²) in [5.41, 5.74) is 6.01. The highest BCUT2D eigenvalue weighted by molar-refractivity contribution is 5.85. The molecule has 6 nitrogen and oxygen atoms in total. The molecule has 33 heavy (non-hydrogen) atoms. The van der Waals surface area contributed by atoms with Crippen molar-refractivity contribution < 1.29 is 9.90 Å². The Hall–Kier alpha value is -2.70. The summed E-state index contributed by atoms with van der Waals surface area (Å²) in [7, 11) is 1.97. The van der Waals surface area contributed by atoms with Crippen LogP contribution in [0.3, 0.4) is 0 Å². The van der Waals surface area contributed by atoms with Gasteiger partial charge in [0.05, 0.1) is 17.1 Å². The molecule has 3 aromatic rings. The molecule has 2 aromatic carbocycles. The zero-order valence-electron chi connectivity index (χ0n) is 19.8. The quantitative estimate of drug-likeness (QED) is 0.510. The van der Waals surface area contributed by atoms with E-state index in [9.17, 15) is 5.11 Å². The van der Waals surface area contributed by atoms with E-state index >= 15 is 0 Å². The number of aryl methyl sites for hydroxylation is 1. The molecule has 0 bridgehead atoms. The Morgan fingerprint density at radius 2 is 1.97 bits per heavy atom. The van der Waals surface area contributed by atoms with E-state index in [1.165, 1.54) is 35.3 Å². The smallest absolute Gasteiger partial charge is 0.114 e. The van der Waals surface area contributed by atoms with Gasteiger partial charge in [0.2, 0.25) is 0 Å². The first-order valence-electron chi connectivity index (χ1n) is 12.1. The van der Waals surface area contributed by atoms with E-state index in [1.54, 1.807) is 0 Å². The van der Waals surface area contributed by atoms with Crippen molar-refractivity contribution in [2.45, 2.75) is 51.2 Å². The van der Waals surface area contributed by atoms with Crippen LogP contribution in [-0.2, 0) is 17.6 Å². The van der Waals surface area contributed by atoms with Gasteiger partial charge in [-0.25, -0.2) is 4.98 Å². The van der Waals surface area contributed by atoms with Gasteiger partial charge in [-0.05, 0) is 68.7 Å². The molecule has 1 saturated heterocycles. The van der Waals surface area contributed by atoms with E-state index in [1.807, 2.05) is 20.8 Å². The number of fused-ring (bicyclic) bond motifs is 2. The first-order valence-corrected chi connectivity index (χ1v) is 12.1. The van der Waals surface area contributed by atoms with E-state index in [-0.39, 0.29) is 6.10 Å². The Labute approximate surface area is 196 Å². The zero-order valence-corrected chi connectivity index (χ0v) is 19.8. The average molecular weight is 449 g/mol. The Kier molecular flexibility index (Phi) is 7.46. The lowest BCUT2D eigenvalue weighted by Crippen LogP contribution is -2.21. The van der Waals surface area contributed by atoms with Crippen LogP contribution >= 0.6 is 0 Å². The maximum atomic E-state index is 9.93. The van der Waals surface area contributed by atoms with Gasteiger partial charge in [0.25, 0.3) is 0 Å². The highest BCUT2D eigenvalue weighted by Gasteiger charge is 2.41. The fourth-order valence-electron chi connectivity index (χ4n) is 5.82. The number of nitrogens with zero attached hydrogens (tertiary/aromatic N) is 2. The monoisotopic (exact) mass is 448 g/mol. The maximum Gasteiger partial charge on any atom is 0.114 e. The van der Waals surface area contributed by atoms with Crippen molar-refractivity contribution in [1.82, 2.24) is 14.9 Å². The highest BCUT2D eigenvalue weighted by atomic mass is 16.3. The molecule has 0 amide bonds. The lowest BCUT2D eigenvalue weighted by molar-refractivity contribution is -0.0979. The van der Waals surface area contributed by atoms with E-state index in [2.05, 4.69) is 57.7 Å². The number of anilines is 1. The first-order chi connectivity index (χ1) is 16.2. The van der Waals surface area contributed by atoms with Crippen LogP contribution in [0.4, 0.5) is 5.69 Å². The molecule has 1 aliphatic heterocycles. The van der Waals surface area contributed by atoms with Gasteiger partial charge in [0.15, 0.2) is 0 Å². The third-order valence-corrected chi connectivity index (χ3v) is 7.38. The Bertz CT molecular complexity index is 1060. The summed E-state index contributed by atoms with van der Waals surface area (Å²) in [6.45, 7) is 6.14. The number of carbonyl (C=O) groups is 1. The largest absolute Gasteiger partial charge is 0.393 e. The van der Waals surface area contributed by atoms with Crippen LogP contribution in [0.25, 0.3) is 11.0 Å². The molecule has 176 valence electrons. The van der Waals surface area contributed by atoms with Gasteiger partial charge in [-0.1, -0.05) is 30.3 Å². The SMILES string of the molecule is C=O.CNc1ccc2c(nc(Cc3ccccc3)n2C2CCC3CNCC32)c1CCC(C)O. The number of aromatic nitrogens is 2. The number of hydrogen-bond donors (Lipinski definition) is 3. The number of carbonyl (C=O) groups excluding carboxylic acids is 1. The van der Waals surface area contributed by atoms with Crippen LogP contribution in [-0.4, -0.2) is 47.7 Å². The molecule has 5 rings (SSSR count). The van der Waals surface area contributed by atoms with Gasteiger partial charge < -0.3 is 25.1 Å². The van der Waals surface area contributed by atoms with Crippen molar-refractivity contribution >= 4 is 23.5 Å². The summed E-state index contributed by atoms with van der Waals surface area (Å²) < 4.78 is 2.57. The second-order valence-corrected chi connectivity index (χ2v) is 9.38. The van der Waals surface area contributed by atoms with Crippen LogP contribution in [0.15, 0.2) is 42.5 Å². The molecule has 0 spiro atoms. The van der Waals surface area contributed by atoms with Crippen molar-refractivity contribution in [2.75, 3.05) is 25.5 Å². The number of hydrogen-bond acceptors (Lipinski definition) is 5. The third kappa shape index (κ3) is 4.68. The Morgan fingerprint density at radius 3 is 2.70 bits per heavy atom. The minimum absolute atomic E-state index is 0.314. The molecule has 4 unspecified atom stereocenters. The van der Waals surface area contributed by atoms with E-state index < -0.39 is 0 Å². The Balaban J connectivity index is 0.00000126. The minimum Gasteiger partial charge on any atom is -0.393 e. The second-order valence-electron chi connectivity index (χ2n) is 9.38. The topological polar surface area (TPSA) is 79.2 Å². The molecule has 1 saturated carbocycles. The summed E-state index contributed by atoms with van der Waals surface area (Å²) in [4.78, 5) is 13.3. The number of benzene rings is 2. The van der Waals surface area contributed by atoms with E-state index in [4.69, 9.17) is 9.78 Å². The van der Waals surface area contributed by atoms with Gasteiger partial charge in [-0.3, -0.25) is 0 Å². The van der Waals surface area contributed by atoms with Gasteiger partial charge in [0.1, 0.15) is 12.6 Å². The lowest BCUT2D eigenvalue weighted by Gasteiger charge is -2.23. The van der Waals surface area contributed by atoms with Crippen molar-refractivity contribution in [1.29, 1.82) is 0 Å². The van der Waals surface area contributed by atoms with Crippen LogP contribution in [0.2, 0.25) is 0 Å². The molecular weight excluding hydrogens is 412 g/mol. The van der Waals surface area contributed by atoms with Crippen LogP contribution < -0.4 is 10.6 Å². The van der Waals surface area contributed by atoms with Crippen LogP contribution in [0.5, 0.6) is 0 Å². The second kappa shape index (κ2) is 10.5. The molecule has 2 aliphatic rings. The molecule has 3 N–H and O–H groups in total. The molecule has 1 aromatic heterocycles. The molecule has 2 fully saturated rings. The van der Waals surface area contributed by atoms with Crippen molar-refractivity contribution in [3.8, 4) is 0 Å². The summed E-state index contributed by atoms with van der Waals surface area (Å²) in [6.07, 6.45) is 4.64. The summed E-state index contributed by atoms with van der Waals surface area (Å²) in [5, 5.41) is 16.9. The number of rotatable bonds is 7. The molecule has 6 heteroatoms. The third-order valence-electron chi connectivity index (χ3n) is 7.38. The van der Waals surface area contributed by atoms with Gasteiger partial charge in [0, 0.05) is 37.3 Å². The van der Waals surface area contributed by atoms with Crippen molar-refractivity contribution in [3.05, 3.63) is 59.4 Å². The highest BCUT2D eigenvalue weighted by Crippen LogP contribution is 2.45. The predicted molar refractivity (Wildman–Crippen MR) is 134 cm³/mol. The standard InChI is InChI=1S/C26H34N4O.CH2O/c1-17(31)8-10-20-22(27-2)11-13-24-26(20)29-25(14-18-6-4-3-5-7-18)30(24)23-12-9-19-15-28-16-21(19)23;1-2/h3-7,11,13,17,19,21,23,27-28,31H,8-10,12,14-16H2,1-2H3;1H2. The number of imidazole rings is 1. The lowest BCUT2D eigenvalue weighted by atomic mass is 9.97. The zero-order chi connectivity index (χ0) is 23.4. The van der Waals surface area contributed by atoms with Crippen molar-refractivity contribution in [2.24, 2.45) is 11.8 Å². The predicted octanol–water partition coefficient (Wildman–Crippen LogP) is 3.97. The van der Waals surface area contributed by atoms with Gasteiger partial charge >= 0.3 is 0 Å². The number of aliphatic hydroxyl groups excluding tert-OH is 1. The van der Waals surface area contributed by atoms with E-state index in [0.29, 0.717) is 12.0 Å². The minimum atomic E-state index is -0.314. The van der Waals surface area contributed by atoms with Crippen molar-refractivity contribution in [3.63, 3.8) is 0 Å². The molecule has 2 heterocycles. The Morgan fingerprint density at radius 1 is 1.18 bits per heavy atom. The van der Waals surface area contributed by atoms with Gasteiger partial charge in [-0.2, -0.15) is 0 Å². The van der Waals surface area contributed by atoms with Crippen LogP contribution in [0.1, 0.15) is 49.2 Å². The molecule has 4 atom stereocenters. The van der Waals surface area contributed by atoms with E-state index in [0.717, 1.165) is 49.5 Å². The number of aliphatic hydroxyl groups is 1. The summed E-state index contributed by atoms with van der Waals surface area (Å²) >= 11 is 0. The molecule has 1 aliphatic carbocycles. The normalized spacial score (nSPS) is 22.6. The number of nitrogens with one attached hydrogen (secondary N) is 2. The fourth-order valence-corrected chi connectivity index (χ4v) is 5.82. The molecule has 0 radical (unpaired) electrons. The van der Waals surface area contributed by atoms with Crippen LogP contribution in [0, 0.1) is 11.8 Å². The fraction of sp³-hybridized carbons (Fsp3) is 0.481. The van der Waals surface area contributed by atoms with Gasteiger partial charge in [-0.15, -0.1) is 0 Å². The average Bonchev–Trinajstić information content (AvgIpc) is 3.54. The first kappa shape index (κ1) is 23.5. The summed E-state index contributed by atoms with van der Waals surface area (Å²) in [6, 6.07) is 15.7. The molecular formula is C27H36N4O2. The maximum absolute atomic E-state index is 9.93.